The standard InChI is InChI=1S/C12H14ClNO5S/c1-20(18,19)7-6-10(15)14-11(12(16)17)8-4-2-3-5-9(8)13/h2-5,11H,6-7H2,1H3,(H,14,15)(H,16,17)/t11-/m1/s1. The zero-order valence-corrected chi connectivity index (χ0v) is 12.2. The number of benzene rings is 1. The number of aliphatic carboxylic acids is 1. The maximum absolute atomic E-state index is 11.6. The third-order valence-electron chi connectivity index (χ3n) is 2.47. The zero-order valence-electron chi connectivity index (χ0n) is 10.7. The van der Waals surface area contributed by atoms with Crippen molar-refractivity contribution in [2.45, 2.75) is 12.5 Å². The number of carbonyl (C=O) groups excluding carboxylic acids is 1. The molecular weight excluding hydrogens is 306 g/mol. The summed E-state index contributed by atoms with van der Waals surface area (Å²) in [6.45, 7) is 0. The lowest BCUT2D eigenvalue weighted by atomic mass is 10.1. The predicted octanol–water partition coefficient (Wildman–Crippen LogP) is 1.02. The highest BCUT2D eigenvalue weighted by molar-refractivity contribution is 7.90. The van der Waals surface area contributed by atoms with Crippen molar-refractivity contribution >= 4 is 33.3 Å². The number of carboxylic acids is 1. The van der Waals surface area contributed by atoms with Crippen LogP contribution in [0.3, 0.4) is 0 Å². The van der Waals surface area contributed by atoms with Gasteiger partial charge in [-0.2, -0.15) is 0 Å². The molecule has 20 heavy (non-hydrogen) atoms. The second kappa shape index (κ2) is 6.71. The van der Waals surface area contributed by atoms with E-state index in [0.717, 1.165) is 6.26 Å². The number of sulfone groups is 1. The molecule has 0 saturated heterocycles. The zero-order chi connectivity index (χ0) is 15.3. The van der Waals surface area contributed by atoms with Gasteiger partial charge in [0.2, 0.25) is 5.91 Å². The Morgan fingerprint density at radius 2 is 1.95 bits per heavy atom. The second-order valence-corrected chi connectivity index (χ2v) is 6.91. The molecule has 1 aromatic carbocycles. The van der Waals surface area contributed by atoms with E-state index in [-0.39, 0.29) is 22.8 Å². The molecule has 0 saturated carbocycles. The molecule has 0 spiro atoms. The molecule has 0 aliphatic rings. The van der Waals surface area contributed by atoms with Gasteiger partial charge >= 0.3 is 5.97 Å². The number of rotatable bonds is 6. The minimum absolute atomic E-state index is 0.211. The first kappa shape index (κ1) is 16.5. The quantitative estimate of drug-likeness (QED) is 0.815. The molecule has 0 unspecified atom stereocenters. The molecule has 0 fully saturated rings. The highest BCUT2D eigenvalue weighted by atomic mass is 35.5. The molecule has 1 rings (SSSR count). The Labute approximate surface area is 121 Å². The van der Waals surface area contributed by atoms with E-state index in [1.54, 1.807) is 12.1 Å². The Kier molecular flexibility index (Phi) is 5.52. The largest absolute Gasteiger partial charge is 0.479 e. The van der Waals surface area contributed by atoms with Gasteiger partial charge in [0.25, 0.3) is 0 Å². The SMILES string of the molecule is CS(=O)(=O)CCC(=O)N[C@@H](C(=O)O)c1ccccc1Cl. The number of carboxylic acid groups (broad SMARTS) is 1. The van der Waals surface area contributed by atoms with E-state index in [1.165, 1.54) is 12.1 Å². The summed E-state index contributed by atoms with van der Waals surface area (Å²) in [4.78, 5) is 22.8. The van der Waals surface area contributed by atoms with Crippen LogP contribution in [0.1, 0.15) is 18.0 Å². The van der Waals surface area contributed by atoms with E-state index >= 15 is 0 Å². The van der Waals surface area contributed by atoms with E-state index in [9.17, 15) is 18.0 Å². The summed E-state index contributed by atoms with van der Waals surface area (Å²) >= 11 is 5.89. The maximum atomic E-state index is 11.6. The third-order valence-corrected chi connectivity index (χ3v) is 3.76. The van der Waals surface area contributed by atoms with Crippen LogP contribution in [0.5, 0.6) is 0 Å². The number of amides is 1. The van der Waals surface area contributed by atoms with Gasteiger partial charge < -0.3 is 10.4 Å². The Morgan fingerprint density at radius 1 is 1.35 bits per heavy atom. The summed E-state index contributed by atoms with van der Waals surface area (Å²) in [6.07, 6.45) is 0.704. The van der Waals surface area contributed by atoms with Gasteiger partial charge in [0.15, 0.2) is 6.04 Å². The van der Waals surface area contributed by atoms with Gasteiger partial charge in [-0.15, -0.1) is 0 Å². The fourth-order valence-corrected chi connectivity index (χ4v) is 2.29. The third kappa shape index (κ3) is 5.18. The summed E-state index contributed by atoms with van der Waals surface area (Å²) in [5.41, 5.74) is 0.245. The molecule has 1 aromatic rings. The van der Waals surface area contributed by atoms with Gasteiger partial charge in [-0.1, -0.05) is 29.8 Å². The summed E-state index contributed by atoms with van der Waals surface area (Å²) in [7, 11) is -3.28. The van der Waals surface area contributed by atoms with Crippen LogP contribution < -0.4 is 5.32 Å². The first-order valence-corrected chi connectivity index (χ1v) is 8.09. The molecule has 0 heterocycles. The number of hydrogen-bond donors (Lipinski definition) is 2. The fourth-order valence-electron chi connectivity index (χ4n) is 1.49. The number of halogens is 1. The molecule has 0 aliphatic carbocycles. The van der Waals surface area contributed by atoms with Crippen LogP contribution in [0.15, 0.2) is 24.3 Å². The van der Waals surface area contributed by atoms with E-state index < -0.39 is 27.8 Å². The maximum Gasteiger partial charge on any atom is 0.330 e. The average Bonchev–Trinajstić information content (AvgIpc) is 2.33. The van der Waals surface area contributed by atoms with Crippen LogP contribution in [-0.2, 0) is 19.4 Å². The summed E-state index contributed by atoms with van der Waals surface area (Å²) in [6, 6.07) is 4.92. The van der Waals surface area contributed by atoms with E-state index in [4.69, 9.17) is 16.7 Å². The normalized spacial score (nSPS) is 12.7. The van der Waals surface area contributed by atoms with Gasteiger partial charge in [-0.05, 0) is 6.07 Å². The molecule has 110 valence electrons. The summed E-state index contributed by atoms with van der Waals surface area (Å²) in [5.74, 6) is -2.28. The van der Waals surface area contributed by atoms with Crippen molar-refractivity contribution in [2.75, 3.05) is 12.0 Å². The molecule has 1 amide bonds. The van der Waals surface area contributed by atoms with Crippen LogP contribution in [-0.4, -0.2) is 37.4 Å². The molecule has 1 atom stereocenters. The molecule has 2 N–H and O–H groups in total. The first-order chi connectivity index (χ1) is 9.20. The Bertz CT molecular complexity index is 614. The summed E-state index contributed by atoms with van der Waals surface area (Å²) in [5, 5.41) is 11.6. The summed E-state index contributed by atoms with van der Waals surface area (Å²) < 4.78 is 21.9. The lowest BCUT2D eigenvalue weighted by Crippen LogP contribution is -2.34. The van der Waals surface area contributed by atoms with Gasteiger partial charge in [-0.3, -0.25) is 4.79 Å². The topological polar surface area (TPSA) is 101 Å². The number of carbonyl (C=O) groups is 2. The second-order valence-electron chi connectivity index (χ2n) is 4.24. The Balaban J connectivity index is 2.82. The van der Waals surface area contributed by atoms with Gasteiger partial charge in [0.1, 0.15) is 9.84 Å². The lowest BCUT2D eigenvalue weighted by molar-refractivity contribution is -0.142. The van der Waals surface area contributed by atoms with Crippen molar-refractivity contribution in [3.8, 4) is 0 Å². The molecule has 8 heteroatoms. The molecule has 0 aliphatic heterocycles. The predicted molar refractivity (Wildman–Crippen MR) is 74.3 cm³/mol. The van der Waals surface area contributed by atoms with E-state index in [0.29, 0.717) is 0 Å². The van der Waals surface area contributed by atoms with Crippen LogP contribution in [0, 0.1) is 0 Å². The highest BCUT2D eigenvalue weighted by Crippen LogP contribution is 2.22. The molecule has 0 radical (unpaired) electrons. The smallest absolute Gasteiger partial charge is 0.330 e. The highest BCUT2D eigenvalue weighted by Gasteiger charge is 2.24. The van der Waals surface area contributed by atoms with Crippen LogP contribution >= 0.6 is 11.6 Å². The number of nitrogens with one attached hydrogen (secondary N) is 1. The first-order valence-electron chi connectivity index (χ1n) is 5.65. The van der Waals surface area contributed by atoms with Gasteiger partial charge in [0.05, 0.1) is 5.75 Å². The van der Waals surface area contributed by atoms with Crippen molar-refractivity contribution < 1.29 is 23.1 Å². The van der Waals surface area contributed by atoms with Crippen LogP contribution in [0.4, 0.5) is 0 Å². The van der Waals surface area contributed by atoms with Crippen LogP contribution in [0.25, 0.3) is 0 Å². The van der Waals surface area contributed by atoms with Gasteiger partial charge in [-0.25, -0.2) is 13.2 Å². The van der Waals surface area contributed by atoms with Crippen molar-refractivity contribution in [1.82, 2.24) is 5.32 Å². The van der Waals surface area contributed by atoms with E-state index in [2.05, 4.69) is 5.32 Å². The molecule has 0 aromatic heterocycles. The van der Waals surface area contributed by atoms with Crippen molar-refractivity contribution in [3.63, 3.8) is 0 Å². The Hall–Kier alpha value is -1.60. The van der Waals surface area contributed by atoms with Crippen molar-refractivity contribution in [1.29, 1.82) is 0 Å². The molecular formula is C12H14ClNO5S. The van der Waals surface area contributed by atoms with Crippen molar-refractivity contribution in [2.24, 2.45) is 0 Å². The lowest BCUT2D eigenvalue weighted by Gasteiger charge is -2.16. The van der Waals surface area contributed by atoms with Crippen molar-refractivity contribution in [3.05, 3.63) is 34.9 Å². The van der Waals surface area contributed by atoms with Crippen LogP contribution in [0.2, 0.25) is 5.02 Å². The minimum Gasteiger partial charge on any atom is -0.479 e. The molecule has 0 bridgehead atoms. The monoisotopic (exact) mass is 319 g/mol. The van der Waals surface area contributed by atoms with E-state index in [1.807, 2.05) is 0 Å². The number of hydrogen-bond acceptors (Lipinski definition) is 4. The fraction of sp³-hybridized carbons (Fsp3) is 0.333. The Morgan fingerprint density at radius 3 is 2.45 bits per heavy atom. The molecule has 6 nitrogen and oxygen atoms in total. The average molecular weight is 320 g/mol. The van der Waals surface area contributed by atoms with Gasteiger partial charge in [0, 0.05) is 23.3 Å². The minimum atomic E-state index is -3.28.